The minimum atomic E-state index is -0.883. The Morgan fingerprint density at radius 1 is 1.50 bits per heavy atom. The number of aliphatic hydroxyl groups is 3. The first-order chi connectivity index (χ1) is 4.75. The molecule has 1 aliphatic heterocycles. The van der Waals surface area contributed by atoms with Crippen molar-refractivity contribution in [3.05, 3.63) is 0 Å². The molecule has 1 heterocycles. The Morgan fingerprint density at radius 3 is 2.70 bits per heavy atom. The van der Waals surface area contributed by atoms with Crippen LogP contribution in [0, 0.1) is 0 Å². The highest BCUT2D eigenvalue weighted by Gasteiger charge is 2.29. The Morgan fingerprint density at radius 2 is 2.20 bits per heavy atom. The monoisotopic (exact) mass is 149 g/mol. The molecular weight excluding hydrogens is 136 g/mol. The minimum Gasteiger partial charge on any atom is -0.395 e. The number of hydrogen-bond donors (Lipinski definition) is 5. The lowest BCUT2D eigenvalue weighted by molar-refractivity contribution is -0.0433. The number of nitrogens with one attached hydrogen (secondary N) is 2. The maximum Gasteiger partial charge on any atom is 1.00 e. The van der Waals surface area contributed by atoms with Gasteiger partial charge in [-0.25, -0.2) is 5.43 Å². The van der Waals surface area contributed by atoms with Crippen molar-refractivity contribution in [1.29, 1.82) is 0 Å². The molecule has 0 saturated carbocycles. The van der Waals surface area contributed by atoms with Crippen LogP contribution in [0.5, 0.6) is 0 Å². The molecule has 0 aromatic rings. The molecule has 0 bridgehead atoms. The largest absolute Gasteiger partial charge is 1.00 e. The van der Waals surface area contributed by atoms with Gasteiger partial charge in [0.25, 0.3) is 0 Å². The van der Waals surface area contributed by atoms with Gasteiger partial charge >= 0.3 is 1.43 Å². The second-order valence-electron chi connectivity index (χ2n) is 2.37. The van der Waals surface area contributed by atoms with Crippen LogP contribution in [0.2, 0.25) is 0 Å². The first-order valence-corrected chi connectivity index (χ1v) is 3.21. The third kappa shape index (κ3) is 1.44. The Bertz CT molecular complexity index is 116. The van der Waals surface area contributed by atoms with Gasteiger partial charge in [0.05, 0.1) is 18.8 Å². The molecule has 5 heteroatoms. The highest BCUT2D eigenvalue weighted by Crippen LogP contribution is 2.01. The summed E-state index contributed by atoms with van der Waals surface area (Å²) in [4.78, 5) is 0. The molecule has 0 radical (unpaired) electrons. The number of aliphatic hydroxyl groups excluding tert-OH is 3. The molecule has 5 N–H and O–H groups in total. The number of rotatable bonds is 1. The van der Waals surface area contributed by atoms with Gasteiger partial charge in [-0.05, 0) is 0 Å². The van der Waals surface area contributed by atoms with E-state index in [0.29, 0.717) is 6.54 Å². The van der Waals surface area contributed by atoms with Crippen LogP contribution < -0.4 is 10.9 Å². The van der Waals surface area contributed by atoms with Crippen LogP contribution in [0.3, 0.4) is 0 Å². The zero-order chi connectivity index (χ0) is 7.56. The minimum absolute atomic E-state index is 0. The van der Waals surface area contributed by atoms with Gasteiger partial charge in [-0.3, -0.25) is 5.43 Å². The van der Waals surface area contributed by atoms with Gasteiger partial charge in [0.2, 0.25) is 0 Å². The van der Waals surface area contributed by atoms with E-state index in [0.717, 1.165) is 0 Å². The van der Waals surface area contributed by atoms with Crippen molar-refractivity contribution >= 4 is 0 Å². The third-order valence-corrected chi connectivity index (χ3v) is 1.60. The fraction of sp³-hybridized carbons (Fsp3) is 1.00. The summed E-state index contributed by atoms with van der Waals surface area (Å²) >= 11 is 0. The molecule has 0 spiro atoms. The number of hydrogen-bond acceptors (Lipinski definition) is 5. The molecule has 1 saturated heterocycles. The average molecular weight is 149 g/mol. The zero-order valence-electron chi connectivity index (χ0n) is 6.49. The Kier molecular flexibility index (Phi) is 2.58. The molecule has 0 aromatic carbocycles. The normalized spacial score (nSPS) is 41.7. The zero-order valence-corrected chi connectivity index (χ0v) is 5.49. The summed E-state index contributed by atoms with van der Waals surface area (Å²) in [6.45, 7) is 0.114. The van der Waals surface area contributed by atoms with Crippen LogP contribution in [-0.4, -0.2) is 46.7 Å². The molecule has 60 valence electrons. The quantitative estimate of drug-likeness (QED) is 0.280. The van der Waals surface area contributed by atoms with E-state index in [2.05, 4.69) is 10.9 Å². The predicted molar refractivity (Wildman–Crippen MR) is 35.1 cm³/mol. The lowest BCUT2D eigenvalue weighted by atomic mass is 10.1. The molecule has 0 unspecified atom stereocenters. The molecule has 10 heavy (non-hydrogen) atoms. The summed E-state index contributed by atoms with van der Waals surface area (Å²) in [5.41, 5.74) is 5.28. The summed E-state index contributed by atoms with van der Waals surface area (Å²) in [5, 5.41) is 26.7. The smallest absolute Gasteiger partial charge is 0.395 e. The predicted octanol–water partition coefficient (Wildman–Crippen LogP) is -2.71. The van der Waals surface area contributed by atoms with Gasteiger partial charge in [0, 0.05) is 6.54 Å². The van der Waals surface area contributed by atoms with Crippen molar-refractivity contribution < 1.29 is 16.7 Å². The van der Waals surface area contributed by atoms with Gasteiger partial charge in [-0.2, -0.15) is 0 Å². The molecule has 1 aliphatic rings. The second-order valence-corrected chi connectivity index (χ2v) is 2.37. The van der Waals surface area contributed by atoms with E-state index in [1.54, 1.807) is 0 Å². The van der Waals surface area contributed by atoms with E-state index >= 15 is 0 Å². The SMILES string of the molecule is OC[C@H]1NNC[C@@H](O)[C@@H]1O.[H+]. The van der Waals surface area contributed by atoms with E-state index in [9.17, 15) is 0 Å². The molecule has 3 atom stereocenters. The third-order valence-electron chi connectivity index (χ3n) is 1.60. The second kappa shape index (κ2) is 3.27. The Balaban J connectivity index is 0.000001000. The summed E-state index contributed by atoms with van der Waals surface area (Å²) in [5.74, 6) is 0. The van der Waals surface area contributed by atoms with Crippen LogP contribution in [0.25, 0.3) is 0 Å². The van der Waals surface area contributed by atoms with Crippen LogP contribution in [0.15, 0.2) is 0 Å². The first-order valence-electron chi connectivity index (χ1n) is 3.21. The van der Waals surface area contributed by atoms with Gasteiger partial charge < -0.3 is 15.3 Å². The van der Waals surface area contributed by atoms with Gasteiger partial charge in [0.1, 0.15) is 6.10 Å². The summed E-state index contributed by atoms with van der Waals surface area (Å²) in [6.07, 6.45) is -1.68. The van der Waals surface area contributed by atoms with Gasteiger partial charge in [0.15, 0.2) is 0 Å². The Hall–Kier alpha value is -0.200. The molecule has 1 rings (SSSR count). The van der Waals surface area contributed by atoms with E-state index < -0.39 is 18.2 Å². The van der Waals surface area contributed by atoms with Crippen molar-refractivity contribution in [2.45, 2.75) is 18.2 Å². The maximum atomic E-state index is 9.12. The highest BCUT2D eigenvalue weighted by molar-refractivity contribution is 4.84. The highest BCUT2D eigenvalue weighted by atomic mass is 16.3. The molecule has 0 aliphatic carbocycles. The fourth-order valence-electron chi connectivity index (χ4n) is 0.923. The van der Waals surface area contributed by atoms with Crippen LogP contribution in [-0.2, 0) is 0 Å². The molecule has 1 fully saturated rings. The van der Waals surface area contributed by atoms with Gasteiger partial charge in [-0.1, -0.05) is 0 Å². The van der Waals surface area contributed by atoms with E-state index in [1.807, 2.05) is 0 Å². The number of hydrazine groups is 1. The number of β-amino-alcohol motifs (C(OH)–C–C–N with tert-alkyl or cyclic N) is 1. The van der Waals surface area contributed by atoms with Crippen LogP contribution in [0.1, 0.15) is 1.43 Å². The summed E-state index contributed by atoms with van der Waals surface area (Å²) in [7, 11) is 0. The molecule has 0 aromatic heterocycles. The average Bonchev–Trinajstić information content (AvgIpc) is 1.95. The lowest BCUT2D eigenvalue weighted by Gasteiger charge is -2.31. The van der Waals surface area contributed by atoms with E-state index in [-0.39, 0.29) is 8.03 Å². The summed E-state index contributed by atoms with van der Waals surface area (Å²) in [6, 6.07) is -0.469. The van der Waals surface area contributed by atoms with Crippen LogP contribution >= 0.6 is 0 Å². The molecular formula is C5H13N2O3+. The van der Waals surface area contributed by atoms with Crippen molar-refractivity contribution in [2.75, 3.05) is 13.2 Å². The van der Waals surface area contributed by atoms with Crippen molar-refractivity contribution in [2.24, 2.45) is 0 Å². The van der Waals surface area contributed by atoms with Crippen LogP contribution in [0.4, 0.5) is 0 Å². The lowest BCUT2D eigenvalue weighted by Crippen LogP contribution is -2.62. The van der Waals surface area contributed by atoms with Crippen molar-refractivity contribution in [3.8, 4) is 0 Å². The van der Waals surface area contributed by atoms with Gasteiger partial charge in [-0.15, -0.1) is 0 Å². The standard InChI is InChI=1S/C5H12N2O3/c8-2-3-5(10)4(9)1-6-7-3/h3-10H,1-2H2/p+1/t3-,4-,5-/m1/s1. The molecule has 5 nitrogen and oxygen atoms in total. The maximum absolute atomic E-state index is 9.12. The van der Waals surface area contributed by atoms with Crippen molar-refractivity contribution in [3.63, 3.8) is 0 Å². The van der Waals surface area contributed by atoms with E-state index in [1.165, 1.54) is 0 Å². The topological polar surface area (TPSA) is 84.8 Å². The first kappa shape index (κ1) is 7.90. The molecule has 0 amide bonds. The van der Waals surface area contributed by atoms with Crippen molar-refractivity contribution in [1.82, 2.24) is 10.9 Å². The summed E-state index contributed by atoms with van der Waals surface area (Å²) < 4.78 is 0. The van der Waals surface area contributed by atoms with E-state index in [4.69, 9.17) is 15.3 Å². The fourth-order valence-corrected chi connectivity index (χ4v) is 0.923. The Labute approximate surface area is 60.1 Å².